The Hall–Kier alpha value is -1.83. The summed E-state index contributed by atoms with van der Waals surface area (Å²) in [7, 11) is 3.14. The van der Waals surface area contributed by atoms with Gasteiger partial charge in [0.25, 0.3) is 0 Å². The van der Waals surface area contributed by atoms with Crippen LogP contribution in [0.4, 0.5) is 4.79 Å². The van der Waals surface area contributed by atoms with E-state index < -0.39 is 18.0 Å². The first-order chi connectivity index (χ1) is 9.42. The molecule has 0 aliphatic heterocycles. The van der Waals surface area contributed by atoms with E-state index in [1.807, 2.05) is 6.92 Å². The molecule has 20 heavy (non-hydrogen) atoms. The molecule has 3 N–H and O–H groups in total. The number of carbonyl (C=O) groups is 3. The summed E-state index contributed by atoms with van der Waals surface area (Å²) in [5, 5.41) is 13.6. The fourth-order valence-corrected chi connectivity index (χ4v) is 1.37. The zero-order valence-corrected chi connectivity index (χ0v) is 12.1. The minimum atomic E-state index is -1.12. The molecule has 0 aromatic rings. The van der Waals surface area contributed by atoms with Crippen LogP contribution < -0.4 is 10.6 Å². The van der Waals surface area contributed by atoms with Crippen molar-refractivity contribution in [3.63, 3.8) is 0 Å². The number of urea groups is 1. The second kappa shape index (κ2) is 10.0. The van der Waals surface area contributed by atoms with E-state index in [0.29, 0.717) is 19.6 Å². The molecule has 1 atom stereocenters. The maximum absolute atomic E-state index is 11.5. The number of carboxylic acids is 1. The molecule has 8 nitrogen and oxygen atoms in total. The summed E-state index contributed by atoms with van der Waals surface area (Å²) in [6, 6.07) is -1.67. The van der Waals surface area contributed by atoms with E-state index >= 15 is 0 Å². The van der Waals surface area contributed by atoms with E-state index in [4.69, 9.17) is 9.84 Å². The number of nitrogens with zero attached hydrogens (tertiary/aromatic N) is 1. The van der Waals surface area contributed by atoms with Gasteiger partial charge < -0.3 is 25.4 Å². The van der Waals surface area contributed by atoms with E-state index in [1.54, 1.807) is 7.05 Å². The van der Waals surface area contributed by atoms with Crippen molar-refractivity contribution in [1.82, 2.24) is 15.5 Å². The number of methoxy groups -OCH3 is 1. The van der Waals surface area contributed by atoms with Gasteiger partial charge in [0, 0.05) is 27.3 Å². The SMILES string of the molecule is CCN(C)C(=O)CNC(=O)NC(CCCOC)C(=O)O. The van der Waals surface area contributed by atoms with E-state index in [0.717, 1.165) is 0 Å². The second-order valence-corrected chi connectivity index (χ2v) is 4.26. The van der Waals surface area contributed by atoms with Crippen molar-refractivity contribution in [3.05, 3.63) is 0 Å². The maximum atomic E-state index is 11.5. The van der Waals surface area contributed by atoms with E-state index in [2.05, 4.69) is 10.6 Å². The molecule has 8 heteroatoms. The molecule has 3 amide bonds. The predicted octanol–water partition coefficient (Wildman–Crippen LogP) is -0.356. The van der Waals surface area contributed by atoms with Crippen molar-refractivity contribution in [3.8, 4) is 0 Å². The van der Waals surface area contributed by atoms with Gasteiger partial charge in [-0.15, -0.1) is 0 Å². The largest absolute Gasteiger partial charge is 0.480 e. The van der Waals surface area contributed by atoms with Gasteiger partial charge in [0.1, 0.15) is 6.04 Å². The molecule has 0 radical (unpaired) electrons. The van der Waals surface area contributed by atoms with Gasteiger partial charge in [-0.3, -0.25) is 4.79 Å². The average molecular weight is 289 g/mol. The predicted molar refractivity (Wildman–Crippen MR) is 72.4 cm³/mol. The molecule has 0 rings (SSSR count). The Morgan fingerprint density at radius 2 is 2.00 bits per heavy atom. The number of aliphatic carboxylic acids is 1. The maximum Gasteiger partial charge on any atom is 0.326 e. The Bertz CT molecular complexity index is 335. The number of carboxylic acid groups (broad SMARTS) is 1. The molecule has 0 aromatic carbocycles. The van der Waals surface area contributed by atoms with Crippen LogP contribution in [0.2, 0.25) is 0 Å². The van der Waals surface area contributed by atoms with Crippen LogP contribution in [-0.4, -0.2) is 67.8 Å². The lowest BCUT2D eigenvalue weighted by Crippen LogP contribution is -2.48. The topological polar surface area (TPSA) is 108 Å². The lowest BCUT2D eigenvalue weighted by molar-refractivity contribution is -0.139. The van der Waals surface area contributed by atoms with Gasteiger partial charge in [-0.05, 0) is 19.8 Å². The minimum absolute atomic E-state index is 0.166. The van der Waals surface area contributed by atoms with Gasteiger partial charge >= 0.3 is 12.0 Å². The molecule has 116 valence electrons. The molecule has 1 unspecified atom stereocenters. The molecule has 0 saturated heterocycles. The Labute approximate surface area is 118 Å². The summed E-state index contributed by atoms with van der Waals surface area (Å²) in [6.45, 7) is 2.61. The Morgan fingerprint density at radius 3 is 2.50 bits per heavy atom. The van der Waals surface area contributed by atoms with Crippen molar-refractivity contribution in [1.29, 1.82) is 0 Å². The van der Waals surface area contributed by atoms with Crippen molar-refractivity contribution in [2.24, 2.45) is 0 Å². The number of hydrogen-bond acceptors (Lipinski definition) is 4. The minimum Gasteiger partial charge on any atom is -0.480 e. The summed E-state index contributed by atoms with van der Waals surface area (Å²) < 4.78 is 4.82. The quantitative estimate of drug-likeness (QED) is 0.503. The van der Waals surface area contributed by atoms with E-state index in [1.165, 1.54) is 12.0 Å². The van der Waals surface area contributed by atoms with Crippen LogP contribution >= 0.6 is 0 Å². The Kier molecular flexibility index (Phi) is 9.10. The molecule has 0 bridgehead atoms. The number of rotatable bonds is 9. The fourth-order valence-electron chi connectivity index (χ4n) is 1.37. The molecule has 0 aromatic heterocycles. The van der Waals surface area contributed by atoms with Crippen LogP contribution in [0.3, 0.4) is 0 Å². The third kappa shape index (κ3) is 7.57. The van der Waals surface area contributed by atoms with E-state index in [9.17, 15) is 14.4 Å². The summed E-state index contributed by atoms with van der Waals surface area (Å²) in [5.41, 5.74) is 0. The van der Waals surface area contributed by atoms with Crippen molar-refractivity contribution >= 4 is 17.9 Å². The third-order valence-electron chi connectivity index (χ3n) is 2.74. The summed E-state index contributed by atoms with van der Waals surface area (Å²) >= 11 is 0. The van der Waals surface area contributed by atoms with Crippen LogP contribution in [0.1, 0.15) is 19.8 Å². The average Bonchev–Trinajstić information content (AvgIpc) is 2.42. The normalized spacial score (nSPS) is 11.6. The molecule has 0 aliphatic rings. The second-order valence-electron chi connectivity index (χ2n) is 4.26. The van der Waals surface area contributed by atoms with Gasteiger partial charge in [0.05, 0.1) is 6.54 Å². The molecule has 0 saturated carbocycles. The lowest BCUT2D eigenvalue weighted by Gasteiger charge is -2.17. The molecule has 0 spiro atoms. The molecule has 0 fully saturated rings. The first-order valence-corrected chi connectivity index (χ1v) is 6.42. The van der Waals surface area contributed by atoms with Gasteiger partial charge in [-0.2, -0.15) is 0 Å². The Balaban J connectivity index is 4.13. The zero-order chi connectivity index (χ0) is 15.5. The monoisotopic (exact) mass is 289 g/mol. The van der Waals surface area contributed by atoms with Gasteiger partial charge in [0.2, 0.25) is 5.91 Å². The number of carbonyl (C=O) groups excluding carboxylic acids is 2. The van der Waals surface area contributed by atoms with Crippen molar-refractivity contribution < 1.29 is 24.2 Å². The summed E-state index contributed by atoms with van der Waals surface area (Å²) in [6.07, 6.45) is 0.782. The van der Waals surface area contributed by atoms with Crippen molar-refractivity contribution in [2.75, 3.05) is 33.9 Å². The number of ether oxygens (including phenoxy) is 1. The number of hydrogen-bond donors (Lipinski definition) is 3. The first-order valence-electron chi connectivity index (χ1n) is 6.42. The van der Waals surface area contributed by atoms with Crippen LogP contribution in [-0.2, 0) is 14.3 Å². The molecule has 0 heterocycles. The van der Waals surface area contributed by atoms with Crippen LogP contribution in [0.25, 0.3) is 0 Å². The van der Waals surface area contributed by atoms with E-state index in [-0.39, 0.29) is 18.9 Å². The first kappa shape index (κ1) is 18.2. The van der Waals surface area contributed by atoms with Crippen LogP contribution in [0.15, 0.2) is 0 Å². The van der Waals surface area contributed by atoms with Gasteiger partial charge in [-0.25, -0.2) is 9.59 Å². The van der Waals surface area contributed by atoms with Gasteiger partial charge in [-0.1, -0.05) is 0 Å². The highest BCUT2D eigenvalue weighted by Gasteiger charge is 2.19. The number of nitrogens with one attached hydrogen (secondary N) is 2. The molecular formula is C12H23N3O5. The fraction of sp³-hybridized carbons (Fsp3) is 0.750. The molecular weight excluding hydrogens is 266 g/mol. The summed E-state index contributed by atoms with van der Waals surface area (Å²) in [4.78, 5) is 35.4. The third-order valence-corrected chi connectivity index (χ3v) is 2.74. The van der Waals surface area contributed by atoms with Crippen LogP contribution in [0, 0.1) is 0 Å². The summed E-state index contributed by atoms with van der Waals surface area (Å²) in [5.74, 6) is -1.36. The van der Waals surface area contributed by atoms with Crippen molar-refractivity contribution in [2.45, 2.75) is 25.8 Å². The highest BCUT2D eigenvalue weighted by Crippen LogP contribution is 1.98. The van der Waals surface area contributed by atoms with Gasteiger partial charge in [0.15, 0.2) is 0 Å². The number of amides is 3. The smallest absolute Gasteiger partial charge is 0.326 e. The highest BCUT2D eigenvalue weighted by atomic mass is 16.5. The standard InChI is InChI=1S/C12H23N3O5/c1-4-15(2)10(16)8-13-12(19)14-9(11(17)18)6-5-7-20-3/h9H,4-8H2,1-3H3,(H,17,18)(H2,13,14,19). The number of likely N-dealkylation sites (N-methyl/N-ethyl adjacent to an activating group) is 1. The highest BCUT2D eigenvalue weighted by molar-refractivity contribution is 5.86. The molecule has 0 aliphatic carbocycles. The Morgan fingerprint density at radius 1 is 1.35 bits per heavy atom. The zero-order valence-electron chi connectivity index (χ0n) is 12.1. The lowest BCUT2D eigenvalue weighted by atomic mass is 10.1. The van der Waals surface area contributed by atoms with Crippen LogP contribution in [0.5, 0.6) is 0 Å².